The molecule has 1 heterocycles. The van der Waals surface area contributed by atoms with Gasteiger partial charge in [0.1, 0.15) is 6.04 Å². The van der Waals surface area contributed by atoms with E-state index < -0.39 is 6.04 Å². The molecule has 1 aromatic carbocycles. The maximum absolute atomic E-state index is 12.1. The van der Waals surface area contributed by atoms with Crippen LogP contribution in [-0.4, -0.2) is 57.1 Å². The number of para-hydroxylation sites is 1. The molecule has 24 heavy (non-hydrogen) atoms. The molecule has 1 aliphatic heterocycles. The topological polar surface area (TPSA) is 65.9 Å². The molecule has 1 saturated heterocycles. The van der Waals surface area contributed by atoms with Crippen LogP contribution in [0.4, 0.5) is 5.69 Å². The fourth-order valence-electron chi connectivity index (χ4n) is 2.86. The van der Waals surface area contributed by atoms with Crippen LogP contribution in [0.2, 0.25) is 5.02 Å². The number of carbonyl (C=O) groups is 2. The second-order valence-corrected chi connectivity index (χ2v) is 6.46. The molecule has 1 aliphatic rings. The largest absolute Gasteiger partial charge is 0.359 e. The molecule has 132 valence electrons. The number of nitrogens with zero attached hydrogens (tertiary/aromatic N) is 1. The SMILES string of the molecule is CCNC(=O)[C@H](C)NC(=O)C[NH+]1CCN(c2ccccc2Cl)CC1. The summed E-state index contributed by atoms with van der Waals surface area (Å²) in [5.41, 5.74) is 1.05. The van der Waals surface area contributed by atoms with E-state index in [-0.39, 0.29) is 11.8 Å². The van der Waals surface area contributed by atoms with E-state index >= 15 is 0 Å². The average Bonchev–Trinajstić information content (AvgIpc) is 2.56. The predicted molar refractivity (Wildman–Crippen MR) is 95.5 cm³/mol. The van der Waals surface area contributed by atoms with E-state index in [1.807, 2.05) is 31.2 Å². The fraction of sp³-hybridized carbons (Fsp3) is 0.529. The van der Waals surface area contributed by atoms with E-state index in [0.29, 0.717) is 13.1 Å². The molecule has 6 nitrogen and oxygen atoms in total. The van der Waals surface area contributed by atoms with Gasteiger partial charge in [0.05, 0.1) is 36.9 Å². The Hall–Kier alpha value is -1.79. The molecule has 7 heteroatoms. The van der Waals surface area contributed by atoms with E-state index in [0.717, 1.165) is 36.9 Å². The van der Waals surface area contributed by atoms with Crippen molar-refractivity contribution in [2.75, 3.05) is 44.2 Å². The van der Waals surface area contributed by atoms with Crippen molar-refractivity contribution in [1.82, 2.24) is 10.6 Å². The fourth-order valence-corrected chi connectivity index (χ4v) is 3.12. The number of piperazine rings is 1. The van der Waals surface area contributed by atoms with Crippen LogP contribution in [0.1, 0.15) is 13.8 Å². The minimum absolute atomic E-state index is 0.0880. The number of hydrogen-bond acceptors (Lipinski definition) is 3. The minimum atomic E-state index is -0.499. The van der Waals surface area contributed by atoms with Gasteiger partial charge in [-0.2, -0.15) is 0 Å². The molecule has 1 atom stereocenters. The lowest BCUT2D eigenvalue weighted by Gasteiger charge is -2.33. The highest BCUT2D eigenvalue weighted by molar-refractivity contribution is 6.33. The van der Waals surface area contributed by atoms with Gasteiger partial charge in [-0.05, 0) is 26.0 Å². The molecule has 0 aliphatic carbocycles. The second-order valence-electron chi connectivity index (χ2n) is 6.05. The smallest absolute Gasteiger partial charge is 0.275 e. The normalized spacial score (nSPS) is 16.5. The molecule has 3 N–H and O–H groups in total. The van der Waals surface area contributed by atoms with Crippen LogP contribution in [0.15, 0.2) is 24.3 Å². The highest BCUT2D eigenvalue weighted by atomic mass is 35.5. The van der Waals surface area contributed by atoms with Crippen LogP contribution in [0.3, 0.4) is 0 Å². The maximum Gasteiger partial charge on any atom is 0.275 e. The number of halogens is 1. The van der Waals surface area contributed by atoms with Gasteiger partial charge in [0.15, 0.2) is 6.54 Å². The summed E-state index contributed by atoms with van der Waals surface area (Å²) in [6.07, 6.45) is 0. The Labute approximate surface area is 148 Å². The summed E-state index contributed by atoms with van der Waals surface area (Å²) >= 11 is 6.24. The molecule has 0 spiro atoms. The van der Waals surface area contributed by atoms with E-state index in [1.165, 1.54) is 4.90 Å². The monoisotopic (exact) mass is 353 g/mol. The number of hydrogen-bond donors (Lipinski definition) is 3. The van der Waals surface area contributed by atoms with Crippen molar-refractivity contribution in [2.24, 2.45) is 0 Å². The molecule has 0 aromatic heterocycles. The molecule has 2 amide bonds. The summed E-state index contributed by atoms with van der Waals surface area (Å²) in [7, 11) is 0. The van der Waals surface area contributed by atoms with Crippen molar-refractivity contribution in [3.05, 3.63) is 29.3 Å². The van der Waals surface area contributed by atoms with Gasteiger partial charge in [0.2, 0.25) is 5.91 Å². The standard InChI is InChI=1S/C17H25ClN4O2/c1-3-19-17(24)13(2)20-16(23)12-21-8-10-22(11-9-21)15-7-5-4-6-14(15)18/h4-7,13H,3,8-12H2,1-2H3,(H,19,24)(H,20,23)/p+1/t13-/m0/s1. The first-order chi connectivity index (χ1) is 11.5. The van der Waals surface area contributed by atoms with Gasteiger partial charge >= 0.3 is 0 Å². The van der Waals surface area contributed by atoms with Crippen molar-refractivity contribution in [2.45, 2.75) is 19.9 Å². The predicted octanol–water partition coefficient (Wildman–Crippen LogP) is -0.314. The first kappa shape index (κ1) is 18.5. The summed E-state index contributed by atoms with van der Waals surface area (Å²) in [5.74, 6) is -0.237. The number of carbonyl (C=O) groups excluding carboxylic acids is 2. The van der Waals surface area contributed by atoms with Gasteiger partial charge in [0.25, 0.3) is 5.91 Å². The lowest BCUT2D eigenvalue weighted by Crippen LogP contribution is -3.16. The molecule has 2 rings (SSSR count). The molecule has 0 unspecified atom stereocenters. The number of benzene rings is 1. The Bertz CT molecular complexity index is 573. The first-order valence-electron chi connectivity index (χ1n) is 8.41. The molecule has 0 bridgehead atoms. The maximum atomic E-state index is 12.1. The number of likely N-dealkylation sites (N-methyl/N-ethyl adjacent to an activating group) is 1. The summed E-state index contributed by atoms with van der Waals surface area (Å²) in [6, 6.07) is 7.33. The number of rotatable bonds is 6. The van der Waals surface area contributed by atoms with Crippen molar-refractivity contribution < 1.29 is 14.5 Å². The molecular weight excluding hydrogens is 328 g/mol. The summed E-state index contributed by atoms with van der Waals surface area (Å²) in [6.45, 7) is 7.97. The molecule has 1 aromatic rings. The molecular formula is C17H26ClN4O2+. The Balaban J connectivity index is 1.77. The van der Waals surface area contributed by atoms with Crippen LogP contribution >= 0.6 is 11.6 Å². The highest BCUT2D eigenvalue weighted by Crippen LogP contribution is 2.24. The number of nitrogens with one attached hydrogen (secondary N) is 3. The molecule has 1 fully saturated rings. The first-order valence-corrected chi connectivity index (χ1v) is 8.79. The van der Waals surface area contributed by atoms with Gasteiger partial charge in [-0.15, -0.1) is 0 Å². The summed E-state index contributed by atoms with van der Waals surface area (Å²) < 4.78 is 0. The Morgan fingerprint density at radius 1 is 1.29 bits per heavy atom. The van der Waals surface area contributed by atoms with Crippen LogP contribution < -0.4 is 20.4 Å². The summed E-state index contributed by atoms with van der Waals surface area (Å²) in [4.78, 5) is 27.2. The third-order valence-corrected chi connectivity index (χ3v) is 4.52. The van der Waals surface area contributed by atoms with Gasteiger partial charge < -0.3 is 20.4 Å². The quantitative estimate of drug-likeness (QED) is 0.657. The van der Waals surface area contributed by atoms with E-state index in [1.54, 1.807) is 6.92 Å². The van der Waals surface area contributed by atoms with Gasteiger partial charge in [-0.1, -0.05) is 23.7 Å². The van der Waals surface area contributed by atoms with Gasteiger partial charge in [0, 0.05) is 6.54 Å². The van der Waals surface area contributed by atoms with Crippen LogP contribution in [0.5, 0.6) is 0 Å². The number of quaternary nitrogens is 1. The molecule has 0 saturated carbocycles. The van der Waals surface area contributed by atoms with Crippen molar-refractivity contribution in [3.63, 3.8) is 0 Å². The highest BCUT2D eigenvalue weighted by Gasteiger charge is 2.24. The van der Waals surface area contributed by atoms with E-state index in [4.69, 9.17) is 11.6 Å². The Morgan fingerprint density at radius 3 is 2.58 bits per heavy atom. The lowest BCUT2D eigenvalue weighted by atomic mass is 10.2. The third-order valence-electron chi connectivity index (χ3n) is 4.20. The van der Waals surface area contributed by atoms with Crippen molar-refractivity contribution in [1.29, 1.82) is 0 Å². The Morgan fingerprint density at radius 2 is 1.96 bits per heavy atom. The molecule has 0 radical (unpaired) electrons. The number of amides is 2. The zero-order valence-corrected chi connectivity index (χ0v) is 15.0. The van der Waals surface area contributed by atoms with E-state index in [2.05, 4.69) is 15.5 Å². The minimum Gasteiger partial charge on any atom is -0.359 e. The van der Waals surface area contributed by atoms with Crippen LogP contribution in [-0.2, 0) is 9.59 Å². The zero-order valence-electron chi connectivity index (χ0n) is 14.3. The zero-order chi connectivity index (χ0) is 17.5. The van der Waals surface area contributed by atoms with Crippen molar-refractivity contribution in [3.8, 4) is 0 Å². The van der Waals surface area contributed by atoms with E-state index in [9.17, 15) is 9.59 Å². The van der Waals surface area contributed by atoms with Crippen molar-refractivity contribution >= 4 is 29.1 Å². The number of anilines is 1. The van der Waals surface area contributed by atoms with Gasteiger partial charge in [-0.3, -0.25) is 9.59 Å². The average molecular weight is 354 g/mol. The third kappa shape index (κ3) is 5.11. The lowest BCUT2D eigenvalue weighted by molar-refractivity contribution is -0.892. The summed E-state index contributed by atoms with van der Waals surface area (Å²) in [5, 5.41) is 6.22. The Kier molecular flexibility index (Phi) is 6.87. The van der Waals surface area contributed by atoms with Gasteiger partial charge in [-0.25, -0.2) is 0 Å². The second kappa shape index (κ2) is 8.89. The van der Waals surface area contributed by atoms with Crippen LogP contribution in [0.25, 0.3) is 0 Å². The van der Waals surface area contributed by atoms with Crippen LogP contribution in [0, 0.1) is 0 Å².